The monoisotopic (exact) mass is 366 g/mol. The lowest BCUT2D eigenvalue weighted by atomic mass is 10.1. The highest BCUT2D eigenvalue weighted by Crippen LogP contribution is 2.32. The fourth-order valence-corrected chi connectivity index (χ4v) is 2.93. The number of aryl methyl sites for hydroxylation is 2. The Morgan fingerprint density at radius 2 is 2.14 bits per heavy atom. The summed E-state index contributed by atoms with van der Waals surface area (Å²) in [5, 5.41) is 5.75. The summed E-state index contributed by atoms with van der Waals surface area (Å²) in [6.07, 6.45) is 2.30. The Balaban J connectivity index is 2.06. The van der Waals surface area contributed by atoms with E-state index in [1.54, 1.807) is 4.68 Å². The molecule has 0 unspecified atom stereocenters. The van der Waals surface area contributed by atoms with Gasteiger partial charge in [0.1, 0.15) is 22.1 Å². The summed E-state index contributed by atoms with van der Waals surface area (Å²) in [4.78, 5) is 8.41. The molecule has 21 heavy (non-hydrogen) atoms. The quantitative estimate of drug-likeness (QED) is 0.698. The van der Waals surface area contributed by atoms with Crippen molar-refractivity contribution in [3.05, 3.63) is 39.7 Å². The topological polar surface area (TPSA) is 52.8 Å². The fourth-order valence-electron chi connectivity index (χ4n) is 2.09. The third-order valence-corrected chi connectivity index (χ3v) is 4.08. The van der Waals surface area contributed by atoms with Gasteiger partial charge in [0.2, 0.25) is 5.88 Å². The second-order valence-electron chi connectivity index (χ2n) is 4.50. The van der Waals surface area contributed by atoms with E-state index >= 15 is 0 Å². The molecule has 0 aliphatic carbocycles. The van der Waals surface area contributed by atoms with Crippen LogP contribution in [-0.2, 0) is 13.5 Å². The van der Waals surface area contributed by atoms with Crippen LogP contribution in [0.2, 0.25) is 5.02 Å². The average Bonchev–Trinajstić information content (AvgIpc) is 2.77. The summed E-state index contributed by atoms with van der Waals surface area (Å²) >= 11 is 9.53. The van der Waals surface area contributed by atoms with Crippen LogP contribution in [0, 0.1) is 0 Å². The number of rotatable bonds is 3. The Bertz CT molecular complexity index is 818. The van der Waals surface area contributed by atoms with E-state index in [4.69, 9.17) is 16.3 Å². The lowest BCUT2D eigenvalue weighted by Gasteiger charge is -2.08. The predicted octanol–water partition coefficient (Wildman–Crippen LogP) is 4.13. The molecule has 108 valence electrons. The Kier molecular flexibility index (Phi) is 3.82. The van der Waals surface area contributed by atoms with E-state index in [0.29, 0.717) is 21.9 Å². The maximum atomic E-state index is 6.12. The first-order chi connectivity index (χ1) is 10.1. The van der Waals surface area contributed by atoms with Crippen molar-refractivity contribution in [3.63, 3.8) is 0 Å². The smallest absolute Gasteiger partial charge is 0.234 e. The second-order valence-corrected chi connectivity index (χ2v) is 5.66. The van der Waals surface area contributed by atoms with Crippen molar-refractivity contribution in [2.24, 2.45) is 7.05 Å². The van der Waals surface area contributed by atoms with Crippen molar-refractivity contribution in [1.29, 1.82) is 0 Å². The molecule has 0 N–H and O–H groups in total. The van der Waals surface area contributed by atoms with Crippen molar-refractivity contribution >= 4 is 38.6 Å². The van der Waals surface area contributed by atoms with Crippen molar-refractivity contribution in [2.45, 2.75) is 13.3 Å². The van der Waals surface area contributed by atoms with Crippen molar-refractivity contribution in [1.82, 2.24) is 19.7 Å². The van der Waals surface area contributed by atoms with Gasteiger partial charge < -0.3 is 4.74 Å². The van der Waals surface area contributed by atoms with Gasteiger partial charge in [0.15, 0.2) is 5.65 Å². The minimum Gasteiger partial charge on any atom is -0.438 e. The van der Waals surface area contributed by atoms with E-state index in [1.807, 2.05) is 32.2 Å². The fraction of sp³-hybridized carbons (Fsp3) is 0.214. The first kappa shape index (κ1) is 14.3. The normalized spacial score (nSPS) is 11.0. The summed E-state index contributed by atoms with van der Waals surface area (Å²) in [7, 11) is 1.82. The molecular formula is C14H12BrClN4O. The number of hydrogen-bond acceptors (Lipinski definition) is 4. The highest BCUT2D eigenvalue weighted by Gasteiger charge is 2.15. The number of hydrogen-bond donors (Lipinski definition) is 0. The molecule has 0 aliphatic rings. The van der Waals surface area contributed by atoms with E-state index in [9.17, 15) is 0 Å². The largest absolute Gasteiger partial charge is 0.438 e. The molecule has 0 amide bonds. The van der Waals surface area contributed by atoms with Gasteiger partial charge in [0.25, 0.3) is 0 Å². The maximum absolute atomic E-state index is 6.12. The summed E-state index contributed by atoms with van der Waals surface area (Å²) in [5.41, 5.74) is 1.74. The van der Waals surface area contributed by atoms with Crippen LogP contribution in [0.5, 0.6) is 11.6 Å². The van der Waals surface area contributed by atoms with Gasteiger partial charge in [-0.3, -0.25) is 0 Å². The molecule has 5 nitrogen and oxygen atoms in total. The van der Waals surface area contributed by atoms with E-state index < -0.39 is 0 Å². The van der Waals surface area contributed by atoms with Crippen molar-refractivity contribution < 1.29 is 4.74 Å². The molecule has 0 spiro atoms. The molecule has 0 radical (unpaired) electrons. The van der Waals surface area contributed by atoms with Crippen LogP contribution in [0.4, 0.5) is 0 Å². The number of halogens is 2. The zero-order valence-corrected chi connectivity index (χ0v) is 13.8. The number of nitrogens with zero attached hydrogens (tertiary/aromatic N) is 4. The van der Waals surface area contributed by atoms with Gasteiger partial charge in [-0.15, -0.1) is 0 Å². The number of ether oxygens (including phenoxy) is 1. The van der Waals surface area contributed by atoms with E-state index in [0.717, 1.165) is 22.4 Å². The molecule has 0 bridgehead atoms. The minimum atomic E-state index is 0.462. The first-order valence-electron chi connectivity index (χ1n) is 6.39. The first-order valence-corrected chi connectivity index (χ1v) is 7.56. The number of fused-ring (bicyclic) bond motifs is 1. The average molecular weight is 368 g/mol. The maximum Gasteiger partial charge on any atom is 0.234 e. The molecule has 7 heteroatoms. The van der Waals surface area contributed by atoms with Gasteiger partial charge in [-0.1, -0.05) is 18.5 Å². The lowest BCUT2D eigenvalue weighted by molar-refractivity contribution is 0.467. The molecular weight excluding hydrogens is 356 g/mol. The van der Waals surface area contributed by atoms with Crippen molar-refractivity contribution in [2.75, 3.05) is 0 Å². The molecule has 0 fully saturated rings. The molecule has 2 aromatic heterocycles. The van der Waals surface area contributed by atoms with Crippen LogP contribution >= 0.6 is 27.5 Å². The zero-order chi connectivity index (χ0) is 15.0. The summed E-state index contributed by atoms with van der Waals surface area (Å²) < 4.78 is 8.22. The third-order valence-electron chi connectivity index (χ3n) is 3.16. The molecule has 0 atom stereocenters. The highest BCUT2D eigenvalue weighted by atomic mass is 79.9. The summed E-state index contributed by atoms with van der Waals surface area (Å²) in [5.74, 6) is 1.15. The molecule has 0 aliphatic heterocycles. The molecule has 1 aromatic carbocycles. The van der Waals surface area contributed by atoms with Crippen LogP contribution in [0.15, 0.2) is 29.1 Å². The van der Waals surface area contributed by atoms with E-state index in [1.165, 1.54) is 6.33 Å². The van der Waals surface area contributed by atoms with Crippen molar-refractivity contribution in [3.8, 4) is 11.6 Å². The van der Waals surface area contributed by atoms with Crippen LogP contribution in [-0.4, -0.2) is 19.7 Å². The molecule has 3 aromatic rings. The van der Waals surface area contributed by atoms with Crippen LogP contribution in [0.3, 0.4) is 0 Å². The predicted molar refractivity (Wildman–Crippen MR) is 84.9 cm³/mol. The van der Waals surface area contributed by atoms with Crippen LogP contribution in [0.25, 0.3) is 11.0 Å². The number of benzene rings is 1. The zero-order valence-electron chi connectivity index (χ0n) is 11.5. The Morgan fingerprint density at radius 1 is 1.33 bits per heavy atom. The minimum absolute atomic E-state index is 0.462. The van der Waals surface area contributed by atoms with Crippen LogP contribution in [0.1, 0.15) is 12.5 Å². The molecule has 3 rings (SSSR count). The van der Waals surface area contributed by atoms with Gasteiger partial charge in [-0.25, -0.2) is 14.6 Å². The van der Waals surface area contributed by atoms with E-state index in [-0.39, 0.29) is 0 Å². The van der Waals surface area contributed by atoms with Gasteiger partial charge in [0, 0.05) is 12.1 Å². The second kappa shape index (κ2) is 5.61. The SMILES string of the molecule is CCc1cc(Oc2ncnc3c2c(Br)nn3C)ccc1Cl. The number of aromatic nitrogens is 4. The summed E-state index contributed by atoms with van der Waals surface area (Å²) in [6, 6.07) is 5.56. The molecule has 2 heterocycles. The third kappa shape index (κ3) is 2.61. The molecule has 0 saturated carbocycles. The Morgan fingerprint density at radius 3 is 2.90 bits per heavy atom. The Labute approximate surface area is 135 Å². The van der Waals surface area contributed by atoms with Crippen LogP contribution < -0.4 is 4.74 Å². The van der Waals surface area contributed by atoms with Gasteiger partial charge >= 0.3 is 0 Å². The van der Waals surface area contributed by atoms with Gasteiger partial charge in [-0.05, 0) is 46.1 Å². The standard InChI is InChI=1S/C14H12BrClN4O/c1-3-8-6-9(4-5-10(8)16)21-14-11-12(15)19-20(2)13(11)17-7-18-14/h4-7H,3H2,1-2H3. The van der Waals surface area contributed by atoms with Gasteiger partial charge in [0.05, 0.1) is 0 Å². The molecule has 0 saturated heterocycles. The summed E-state index contributed by atoms with van der Waals surface area (Å²) in [6.45, 7) is 2.05. The lowest BCUT2D eigenvalue weighted by Crippen LogP contribution is -1.94. The van der Waals surface area contributed by atoms with E-state index in [2.05, 4.69) is 31.0 Å². The Hall–Kier alpha value is -1.66. The van der Waals surface area contributed by atoms with Gasteiger partial charge in [-0.2, -0.15) is 5.10 Å². The highest BCUT2D eigenvalue weighted by molar-refractivity contribution is 9.10.